The molecule has 0 amide bonds. The van der Waals surface area contributed by atoms with Crippen LogP contribution in [0.1, 0.15) is 12.0 Å². The fraction of sp³-hybridized carbons (Fsp3) is 0.375. The lowest BCUT2D eigenvalue weighted by Gasteiger charge is -2.36. The zero-order valence-electron chi connectivity index (χ0n) is 19.4. The Morgan fingerprint density at radius 1 is 1.19 bits per heavy atom. The first-order valence-electron chi connectivity index (χ1n) is 11.3. The quantitative estimate of drug-likeness (QED) is 0.357. The van der Waals surface area contributed by atoms with Gasteiger partial charge in [-0.1, -0.05) is 41.4 Å². The summed E-state index contributed by atoms with van der Waals surface area (Å²) >= 11 is 12.0. The monoisotopic (exact) mass is 560 g/mol. The molecule has 2 heterocycles. The molecule has 3 aliphatic rings. The molecule has 2 aliphatic heterocycles. The Morgan fingerprint density at radius 3 is 2.57 bits per heavy atom. The molecule has 0 aromatic heterocycles. The minimum Gasteiger partial charge on any atom is -0.480 e. The van der Waals surface area contributed by atoms with Crippen LogP contribution in [0.5, 0.6) is 0 Å². The Hall–Kier alpha value is -2.86. The van der Waals surface area contributed by atoms with E-state index in [1.807, 2.05) is 47.5 Å². The summed E-state index contributed by atoms with van der Waals surface area (Å²) in [5.41, 5.74) is 5.74. The molecule has 0 bridgehead atoms. The molecule has 4 rings (SSSR count). The number of aliphatic imine (C=N–C) groups is 1. The first-order chi connectivity index (χ1) is 17.5. The van der Waals surface area contributed by atoms with Crippen molar-refractivity contribution < 1.29 is 33.0 Å². The number of alkyl halides is 3. The van der Waals surface area contributed by atoms with Gasteiger partial charge in [0.25, 0.3) is 0 Å². The molecule has 1 fully saturated rings. The van der Waals surface area contributed by atoms with Gasteiger partial charge in [0.1, 0.15) is 6.04 Å². The van der Waals surface area contributed by atoms with E-state index >= 15 is 0 Å². The molecular formula is C24H25Cl2F3N4O4. The summed E-state index contributed by atoms with van der Waals surface area (Å²) in [4.78, 5) is 25.5. The van der Waals surface area contributed by atoms with Gasteiger partial charge in [-0.25, -0.2) is 9.80 Å². The van der Waals surface area contributed by atoms with E-state index in [2.05, 4.69) is 15.7 Å². The largest absolute Gasteiger partial charge is 0.490 e. The van der Waals surface area contributed by atoms with Gasteiger partial charge in [-0.2, -0.15) is 13.2 Å². The van der Waals surface area contributed by atoms with E-state index in [9.17, 15) is 23.1 Å². The van der Waals surface area contributed by atoms with Crippen LogP contribution < -0.4 is 10.7 Å². The molecule has 1 spiro atoms. The molecule has 1 aliphatic carbocycles. The second-order valence-electron chi connectivity index (χ2n) is 8.47. The van der Waals surface area contributed by atoms with Gasteiger partial charge in [0, 0.05) is 18.5 Å². The molecule has 200 valence electrons. The lowest BCUT2D eigenvalue weighted by atomic mass is 9.69. The smallest absolute Gasteiger partial charge is 0.480 e. The lowest BCUT2D eigenvalue weighted by molar-refractivity contribution is -0.192. The number of hydrogen-bond donors (Lipinski definition) is 4. The third-order valence-corrected chi connectivity index (χ3v) is 6.82. The highest BCUT2D eigenvalue weighted by Gasteiger charge is 2.57. The van der Waals surface area contributed by atoms with Crippen molar-refractivity contribution in [2.24, 2.45) is 10.4 Å². The predicted molar refractivity (Wildman–Crippen MR) is 134 cm³/mol. The van der Waals surface area contributed by atoms with Crippen molar-refractivity contribution in [3.63, 3.8) is 0 Å². The number of dihydropyridines is 1. The Morgan fingerprint density at radius 2 is 1.92 bits per heavy atom. The lowest BCUT2D eigenvalue weighted by Crippen LogP contribution is -2.50. The van der Waals surface area contributed by atoms with Crippen LogP contribution in [-0.2, 0) is 16.0 Å². The third-order valence-electron chi connectivity index (χ3n) is 6.08. The molecule has 1 saturated heterocycles. The summed E-state index contributed by atoms with van der Waals surface area (Å²) in [5.74, 6) is -3.59. The number of aliphatic carboxylic acids is 2. The molecule has 2 unspecified atom stereocenters. The van der Waals surface area contributed by atoms with Crippen molar-refractivity contribution >= 4 is 41.4 Å². The first-order valence-corrected chi connectivity index (χ1v) is 12.0. The number of hydrogen-bond acceptors (Lipinski definition) is 6. The number of hydrazine groups is 1. The topological polar surface area (TPSA) is 114 Å². The molecule has 0 radical (unpaired) electrons. The highest BCUT2D eigenvalue weighted by molar-refractivity contribution is 6.42. The fourth-order valence-corrected chi connectivity index (χ4v) is 4.70. The zero-order valence-corrected chi connectivity index (χ0v) is 20.9. The average Bonchev–Trinajstić information content (AvgIpc) is 3.16. The van der Waals surface area contributed by atoms with E-state index in [1.54, 1.807) is 6.21 Å². The maximum Gasteiger partial charge on any atom is 0.490 e. The molecule has 37 heavy (non-hydrogen) atoms. The maximum absolute atomic E-state index is 12.2. The number of carboxylic acid groups (broad SMARTS) is 2. The van der Waals surface area contributed by atoms with E-state index in [1.165, 1.54) is 0 Å². The van der Waals surface area contributed by atoms with Crippen molar-refractivity contribution in [1.29, 1.82) is 0 Å². The third kappa shape index (κ3) is 6.72. The van der Waals surface area contributed by atoms with Crippen LogP contribution in [0.4, 0.5) is 13.2 Å². The molecule has 0 saturated carbocycles. The molecule has 13 heteroatoms. The van der Waals surface area contributed by atoms with Crippen LogP contribution >= 0.6 is 23.2 Å². The van der Waals surface area contributed by atoms with Gasteiger partial charge < -0.3 is 21.0 Å². The summed E-state index contributed by atoms with van der Waals surface area (Å²) in [6.07, 6.45) is 6.16. The summed E-state index contributed by atoms with van der Waals surface area (Å²) in [6.45, 7) is 2.66. The number of rotatable bonds is 8. The van der Waals surface area contributed by atoms with Crippen LogP contribution in [0.2, 0.25) is 10.0 Å². The molecule has 4 N–H and O–H groups in total. The Labute approximate surface area is 221 Å². The predicted octanol–water partition coefficient (Wildman–Crippen LogP) is 3.87. The number of carboxylic acids is 2. The van der Waals surface area contributed by atoms with Gasteiger partial charge in [-0.3, -0.25) is 9.79 Å². The van der Waals surface area contributed by atoms with Crippen LogP contribution in [0.25, 0.3) is 0 Å². The normalized spacial score (nSPS) is 22.1. The highest BCUT2D eigenvalue weighted by atomic mass is 35.5. The standard InChI is InChI=1S/C22H24Cl2N4O2.C2HF3O2/c23-17-6-5-15(13-18(17)24)7-10-25-9-2-12-28-20(21(29)30)22-14-26-11-8-16(22)3-1-4-19(22)27-28;3-2(4,5)1(6)7/h1,3-6,8,11,13,20,25,27H,2,7,9-10,12,14H2,(H,29,30);(H,6,7). The highest BCUT2D eigenvalue weighted by Crippen LogP contribution is 2.48. The summed E-state index contributed by atoms with van der Waals surface area (Å²) in [7, 11) is 0. The van der Waals surface area contributed by atoms with Crippen molar-refractivity contribution in [3.8, 4) is 0 Å². The van der Waals surface area contributed by atoms with Crippen LogP contribution in [0, 0.1) is 5.41 Å². The van der Waals surface area contributed by atoms with Gasteiger partial charge in [0.05, 0.1) is 22.0 Å². The molecule has 8 nitrogen and oxygen atoms in total. The van der Waals surface area contributed by atoms with Crippen molar-refractivity contribution in [2.75, 3.05) is 26.2 Å². The van der Waals surface area contributed by atoms with E-state index < -0.39 is 29.6 Å². The van der Waals surface area contributed by atoms with E-state index in [0.29, 0.717) is 23.1 Å². The van der Waals surface area contributed by atoms with Gasteiger partial charge in [-0.15, -0.1) is 0 Å². The molecule has 1 aromatic carbocycles. The number of benzene rings is 1. The Kier molecular flexibility index (Phi) is 9.41. The second kappa shape index (κ2) is 12.1. The minimum atomic E-state index is -5.08. The number of carbonyl (C=O) groups is 2. The van der Waals surface area contributed by atoms with Crippen LogP contribution in [0.15, 0.2) is 58.8 Å². The number of halogens is 5. The van der Waals surface area contributed by atoms with Gasteiger partial charge in [-0.05, 0) is 61.4 Å². The van der Waals surface area contributed by atoms with Crippen LogP contribution in [0.3, 0.4) is 0 Å². The molecule has 1 aromatic rings. The van der Waals surface area contributed by atoms with E-state index in [0.717, 1.165) is 42.8 Å². The molecule has 2 atom stereocenters. The average molecular weight is 561 g/mol. The van der Waals surface area contributed by atoms with Gasteiger partial charge in [0.2, 0.25) is 0 Å². The zero-order chi connectivity index (χ0) is 27.2. The van der Waals surface area contributed by atoms with Crippen LogP contribution in [-0.4, -0.2) is 71.8 Å². The van der Waals surface area contributed by atoms with Gasteiger partial charge >= 0.3 is 18.1 Å². The first kappa shape index (κ1) is 28.7. The molecular weight excluding hydrogens is 536 g/mol. The SMILES string of the molecule is O=C(O)C(F)(F)F.O=C(O)C1N(CCCNCCc2ccc(Cl)c(Cl)c2)NC2=CC=CC3=CC=NCC321. The Bertz CT molecular complexity index is 1150. The van der Waals surface area contributed by atoms with E-state index in [-0.39, 0.29) is 0 Å². The Balaban J connectivity index is 0.000000479. The maximum atomic E-state index is 12.2. The number of nitrogens with one attached hydrogen (secondary N) is 2. The number of nitrogens with zero attached hydrogens (tertiary/aromatic N) is 2. The second-order valence-corrected chi connectivity index (χ2v) is 9.29. The summed E-state index contributed by atoms with van der Waals surface area (Å²) < 4.78 is 31.7. The minimum absolute atomic E-state index is 0.442. The van der Waals surface area contributed by atoms with Gasteiger partial charge in [0.15, 0.2) is 0 Å². The van der Waals surface area contributed by atoms with Crippen molar-refractivity contribution in [1.82, 2.24) is 15.8 Å². The summed E-state index contributed by atoms with van der Waals surface area (Å²) in [5, 5.41) is 23.5. The van der Waals surface area contributed by atoms with Crippen molar-refractivity contribution in [2.45, 2.75) is 25.1 Å². The number of allylic oxidation sites excluding steroid dienone is 4. The van der Waals surface area contributed by atoms with E-state index in [4.69, 9.17) is 33.1 Å². The van der Waals surface area contributed by atoms with Crippen molar-refractivity contribution in [3.05, 3.63) is 69.4 Å². The fourth-order valence-electron chi connectivity index (χ4n) is 4.38. The summed E-state index contributed by atoms with van der Waals surface area (Å²) in [6, 6.07) is 4.98.